The average molecular weight is 549 g/mol. The first-order valence-corrected chi connectivity index (χ1v) is 15.8. The van der Waals surface area contributed by atoms with Crippen LogP contribution in [0, 0.1) is 68.0 Å². The molecular formula is C34H48N2O4. The Labute approximate surface area is 240 Å². The van der Waals surface area contributed by atoms with E-state index < -0.39 is 5.41 Å². The SMILES string of the molecule is C[C@@H]1C(=O)C(C#N)=C[C@]2(C)C3CC(=O)C4C5CC(C)(C)CC[C@]5(C(=O)N5CCOCC5)CC[C@@]4(C)[C@]3(C)CC[C@@H]12. The van der Waals surface area contributed by atoms with Gasteiger partial charge in [0.25, 0.3) is 0 Å². The number of rotatable bonds is 1. The second kappa shape index (κ2) is 9.00. The molecule has 0 aromatic heterocycles. The molecule has 0 aromatic carbocycles. The summed E-state index contributed by atoms with van der Waals surface area (Å²) in [6.45, 7) is 16.1. The average Bonchev–Trinajstić information content (AvgIpc) is 2.92. The number of morpholine rings is 1. The number of hydrogen-bond donors (Lipinski definition) is 0. The third-order valence-electron chi connectivity index (χ3n) is 13.8. The minimum Gasteiger partial charge on any atom is -0.378 e. The third-order valence-corrected chi connectivity index (χ3v) is 13.8. The highest BCUT2D eigenvalue weighted by Crippen LogP contribution is 2.75. The van der Waals surface area contributed by atoms with Crippen LogP contribution in [-0.4, -0.2) is 48.7 Å². The van der Waals surface area contributed by atoms with Crippen LogP contribution in [0.15, 0.2) is 11.6 Å². The molecule has 3 unspecified atom stereocenters. The first kappa shape index (κ1) is 28.1. The fourth-order valence-electron chi connectivity index (χ4n) is 11.4. The fourth-order valence-corrected chi connectivity index (χ4v) is 11.4. The van der Waals surface area contributed by atoms with Crippen LogP contribution in [0.25, 0.3) is 0 Å². The van der Waals surface area contributed by atoms with Crippen molar-refractivity contribution in [2.45, 2.75) is 92.9 Å². The van der Waals surface area contributed by atoms with Crippen LogP contribution >= 0.6 is 0 Å². The molecule has 6 nitrogen and oxygen atoms in total. The third kappa shape index (κ3) is 3.58. The number of ether oxygens (including phenoxy) is 1. The van der Waals surface area contributed by atoms with Crippen molar-refractivity contribution in [1.29, 1.82) is 5.26 Å². The van der Waals surface area contributed by atoms with E-state index in [0.29, 0.717) is 38.5 Å². The number of carbonyl (C=O) groups is 3. The quantitative estimate of drug-likeness (QED) is 0.416. The van der Waals surface area contributed by atoms with E-state index >= 15 is 0 Å². The lowest BCUT2D eigenvalue weighted by Crippen LogP contribution is -2.69. The number of carbonyl (C=O) groups excluding carboxylic acids is 3. The molecule has 218 valence electrons. The predicted molar refractivity (Wildman–Crippen MR) is 152 cm³/mol. The number of hydrogen-bond acceptors (Lipinski definition) is 5. The van der Waals surface area contributed by atoms with E-state index in [0.717, 1.165) is 44.9 Å². The highest BCUT2D eigenvalue weighted by molar-refractivity contribution is 6.02. The van der Waals surface area contributed by atoms with Crippen LogP contribution in [0.1, 0.15) is 92.9 Å². The molecule has 0 radical (unpaired) electrons. The molecule has 1 aliphatic heterocycles. The smallest absolute Gasteiger partial charge is 0.229 e. The van der Waals surface area contributed by atoms with Crippen LogP contribution in [-0.2, 0) is 19.1 Å². The molecule has 5 fully saturated rings. The summed E-state index contributed by atoms with van der Waals surface area (Å²) in [6, 6.07) is 2.20. The summed E-state index contributed by atoms with van der Waals surface area (Å²) in [5, 5.41) is 9.85. The van der Waals surface area contributed by atoms with Crippen molar-refractivity contribution >= 4 is 17.5 Å². The summed E-state index contributed by atoms with van der Waals surface area (Å²) < 4.78 is 5.58. The zero-order valence-electron chi connectivity index (χ0n) is 25.5. The summed E-state index contributed by atoms with van der Waals surface area (Å²) in [4.78, 5) is 44.1. The van der Waals surface area contributed by atoms with Gasteiger partial charge in [0.15, 0.2) is 5.78 Å². The summed E-state index contributed by atoms with van der Waals surface area (Å²) in [5.41, 5.74) is -0.773. The Morgan fingerprint density at radius 3 is 2.33 bits per heavy atom. The summed E-state index contributed by atoms with van der Waals surface area (Å²) in [7, 11) is 0. The largest absolute Gasteiger partial charge is 0.378 e. The molecule has 1 amide bonds. The zero-order valence-corrected chi connectivity index (χ0v) is 25.5. The summed E-state index contributed by atoms with van der Waals surface area (Å²) >= 11 is 0. The van der Waals surface area contributed by atoms with Gasteiger partial charge >= 0.3 is 0 Å². The van der Waals surface area contributed by atoms with Gasteiger partial charge in [-0.25, -0.2) is 0 Å². The molecule has 40 heavy (non-hydrogen) atoms. The van der Waals surface area contributed by atoms with Crippen LogP contribution in [0.4, 0.5) is 0 Å². The Bertz CT molecular complexity index is 1210. The van der Waals surface area contributed by atoms with Gasteiger partial charge in [-0.05, 0) is 84.4 Å². The van der Waals surface area contributed by atoms with E-state index in [1.807, 2.05) is 17.9 Å². The topological polar surface area (TPSA) is 87.5 Å². The molecule has 6 aliphatic rings. The lowest BCUT2D eigenvalue weighted by Gasteiger charge is -2.71. The lowest BCUT2D eigenvalue weighted by atomic mass is 9.32. The van der Waals surface area contributed by atoms with E-state index in [-0.39, 0.29) is 68.5 Å². The summed E-state index contributed by atoms with van der Waals surface area (Å²) in [5.74, 6) is 0.535. The van der Waals surface area contributed by atoms with Crippen LogP contribution < -0.4 is 0 Å². The monoisotopic (exact) mass is 548 g/mol. The minimum atomic E-state index is -0.462. The number of amides is 1. The van der Waals surface area contributed by atoms with Gasteiger partial charge in [0.1, 0.15) is 11.9 Å². The Hall–Kier alpha value is -2.00. The Morgan fingerprint density at radius 1 is 0.975 bits per heavy atom. The number of fused-ring (bicyclic) bond motifs is 7. The van der Waals surface area contributed by atoms with E-state index in [1.165, 1.54) is 0 Å². The van der Waals surface area contributed by atoms with Crippen molar-refractivity contribution in [3.63, 3.8) is 0 Å². The standard InChI is InChI=1S/C34H48N2O4/c1-21-23-7-8-32(5)26(31(23,4)18-22(20-35)28(21)38)17-25(37)27-24-19-30(2,3)9-11-34(24,12-10-33(27,32)6)29(39)36-13-15-40-16-14-36/h18,21,23-24,26-27H,7-17,19H2,1-6H3/t21-,23-,24?,26?,27?,31-,32+,33+,34-/m0/s1. The van der Waals surface area contributed by atoms with Gasteiger partial charge in [-0.2, -0.15) is 5.26 Å². The number of ketones is 2. The first-order valence-electron chi connectivity index (χ1n) is 15.8. The highest BCUT2D eigenvalue weighted by Gasteiger charge is 2.72. The van der Waals surface area contributed by atoms with Crippen molar-refractivity contribution in [3.8, 4) is 6.07 Å². The van der Waals surface area contributed by atoms with Crippen LogP contribution in [0.5, 0.6) is 0 Å². The first-order chi connectivity index (χ1) is 18.7. The van der Waals surface area contributed by atoms with Gasteiger partial charge in [0.2, 0.25) is 5.91 Å². The van der Waals surface area contributed by atoms with Crippen molar-refractivity contribution in [3.05, 3.63) is 11.6 Å². The van der Waals surface area contributed by atoms with Gasteiger partial charge in [-0.15, -0.1) is 0 Å². The lowest BCUT2D eigenvalue weighted by molar-refractivity contribution is -0.221. The molecular weight excluding hydrogens is 500 g/mol. The molecule has 0 spiro atoms. The molecule has 5 aliphatic carbocycles. The highest BCUT2D eigenvalue weighted by atomic mass is 16.5. The molecule has 0 aromatic rings. The van der Waals surface area contributed by atoms with Gasteiger partial charge in [-0.3, -0.25) is 14.4 Å². The summed E-state index contributed by atoms with van der Waals surface area (Å²) in [6.07, 6.45) is 8.92. The maximum Gasteiger partial charge on any atom is 0.229 e. The van der Waals surface area contributed by atoms with Crippen molar-refractivity contribution in [1.82, 2.24) is 4.90 Å². The molecule has 0 bridgehead atoms. The Kier molecular flexibility index (Phi) is 6.33. The number of Topliss-reactive ketones (excluding diaryl/α,β-unsaturated/α-hetero) is 2. The van der Waals surface area contributed by atoms with Gasteiger partial charge in [0, 0.05) is 31.3 Å². The van der Waals surface area contributed by atoms with Crippen molar-refractivity contribution in [2.24, 2.45) is 56.7 Å². The Balaban J connectivity index is 1.44. The molecule has 1 saturated heterocycles. The zero-order chi connectivity index (χ0) is 28.9. The fraction of sp³-hybridized carbons (Fsp3) is 0.824. The normalized spacial score (nSPS) is 48.1. The van der Waals surface area contributed by atoms with Crippen molar-refractivity contribution < 1.29 is 19.1 Å². The van der Waals surface area contributed by atoms with E-state index in [1.54, 1.807) is 0 Å². The molecule has 4 saturated carbocycles. The van der Waals surface area contributed by atoms with Gasteiger partial charge in [0.05, 0.1) is 24.2 Å². The van der Waals surface area contributed by atoms with Gasteiger partial charge in [-0.1, -0.05) is 47.6 Å². The predicted octanol–water partition coefficient (Wildman–Crippen LogP) is 5.75. The van der Waals surface area contributed by atoms with E-state index in [2.05, 4.69) is 40.7 Å². The molecule has 6 rings (SSSR count). The second-order valence-electron chi connectivity index (χ2n) is 15.9. The molecule has 1 heterocycles. The minimum absolute atomic E-state index is 0.0340. The second-order valence-corrected chi connectivity index (χ2v) is 15.9. The molecule has 6 heteroatoms. The van der Waals surface area contributed by atoms with Crippen LogP contribution in [0.2, 0.25) is 0 Å². The molecule has 9 atom stereocenters. The van der Waals surface area contributed by atoms with E-state index in [4.69, 9.17) is 4.74 Å². The Morgan fingerprint density at radius 2 is 1.65 bits per heavy atom. The van der Waals surface area contributed by atoms with Crippen molar-refractivity contribution in [2.75, 3.05) is 26.3 Å². The van der Waals surface area contributed by atoms with Crippen LogP contribution in [0.3, 0.4) is 0 Å². The number of allylic oxidation sites excluding steroid dienone is 2. The van der Waals surface area contributed by atoms with E-state index in [9.17, 15) is 19.6 Å². The maximum absolute atomic E-state index is 14.7. The molecule has 0 N–H and O–H groups in total. The number of nitriles is 1. The van der Waals surface area contributed by atoms with Gasteiger partial charge < -0.3 is 9.64 Å². The maximum atomic E-state index is 14.7. The number of nitrogens with zero attached hydrogens (tertiary/aromatic N) is 2.